The van der Waals surface area contributed by atoms with Crippen molar-refractivity contribution in [2.75, 3.05) is 0 Å². The van der Waals surface area contributed by atoms with Gasteiger partial charge in [0.05, 0.1) is 18.2 Å². The predicted octanol–water partition coefficient (Wildman–Crippen LogP) is 6.60. The molecule has 0 aliphatic rings. The maximum atomic E-state index is 12.2. The van der Waals surface area contributed by atoms with Gasteiger partial charge >= 0.3 is 0 Å². The summed E-state index contributed by atoms with van der Waals surface area (Å²) < 4.78 is 2.15. The van der Waals surface area contributed by atoms with E-state index in [0.29, 0.717) is 0 Å². The summed E-state index contributed by atoms with van der Waals surface area (Å²) in [4.78, 5) is 4.61. The molecule has 1 aromatic heterocycles. The average Bonchev–Trinajstić information content (AvgIpc) is 3.39. The number of nitrogens with zero attached hydrogens (tertiary/aromatic N) is 2. The number of aromatic nitrogens is 2. The molecule has 0 spiro atoms. The zero-order valence-corrected chi connectivity index (χ0v) is 20.4. The van der Waals surface area contributed by atoms with Gasteiger partial charge in [-0.3, -0.25) is 0 Å². The minimum Gasteiger partial charge on any atom is -0.379 e. The van der Waals surface area contributed by atoms with E-state index < -0.39 is 11.1 Å². The van der Waals surface area contributed by atoms with Crippen LogP contribution in [0.5, 0.6) is 0 Å². The van der Waals surface area contributed by atoms with Crippen molar-refractivity contribution < 1.29 is 5.11 Å². The van der Waals surface area contributed by atoms with Gasteiger partial charge in [0.25, 0.3) is 0 Å². The van der Waals surface area contributed by atoms with Gasteiger partial charge < -0.3 is 9.67 Å². The lowest BCUT2D eigenvalue weighted by Crippen LogP contribution is -2.41. The molecule has 3 heteroatoms. The maximum Gasteiger partial charge on any atom is 0.129 e. The van der Waals surface area contributed by atoms with Crippen LogP contribution in [0.25, 0.3) is 0 Å². The Morgan fingerprint density at radius 2 is 1.14 bits per heavy atom. The monoisotopic (exact) mass is 458 g/mol. The van der Waals surface area contributed by atoms with E-state index in [1.807, 2.05) is 43.6 Å². The normalized spacial score (nSPS) is 13.4. The fourth-order valence-electron chi connectivity index (χ4n) is 5.29. The van der Waals surface area contributed by atoms with Crippen molar-refractivity contribution in [1.29, 1.82) is 0 Å². The summed E-state index contributed by atoms with van der Waals surface area (Å²) in [6.45, 7) is 6.02. The molecule has 174 valence electrons. The fraction of sp³-hybridized carbons (Fsp3) is 0.156. The molecular weight excluding hydrogens is 428 g/mol. The molecule has 1 heterocycles. The van der Waals surface area contributed by atoms with E-state index in [2.05, 4.69) is 102 Å². The van der Waals surface area contributed by atoms with Gasteiger partial charge in [-0.25, -0.2) is 4.98 Å². The van der Waals surface area contributed by atoms with Crippen molar-refractivity contribution >= 4 is 0 Å². The number of aliphatic hydroxyl groups is 1. The van der Waals surface area contributed by atoms with E-state index in [1.165, 1.54) is 0 Å². The minimum atomic E-state index is -1.27. The summed E-state index contributed by atoms with van der Waals surface area (Å²) in [7, 11) is 0. The van der Waals surface area contributed by atoms with Gasteiger partial charge in [0.1, 0.15) is 11.1 Å². The van der Waals surface area contributed by atoms with Crippen LogP contribution in [0.1, 0.15) is 46.0 Å². The topological polar surface area (TPSA) is 38.1 Å². The molecular formula is C32H30N2O. The highest BCUT2D eigenvalue weighted by Gasteiger charge is 2.43. The van der Waals surface area contributed by atoms with E-state index in [9.17, 15) is 5.11 Å². The number of hydrogen-bond acceptors (Lipinski definition) is 2. The Morgan fingerprint density at radius 3 is 1.63 bits per heavy atom. The first-order valence-corrected chi connectivity index (χ1v) is 12.0. The quantitative estimate of drug-likeness (QED) is 0.291. The number of benzene rings is 4. The van der Waals surface area contributed by atoms with Gasteiger partial charge in [0.15, 0.2) is 0 Å². The van der Waals surface area contributed by atoms with Crippen molar-refractivity contribution in [2.24, 2.45) is 0 Å². The summed E-state index contributed by atoms with van der Waals surface area (Å²) in [5.41, 5.74) is 5.10. The van der Waals surface area contributed by atoms with Gasteiger partial charge in [-0.05, 0) is 54.2 Å². The molecule has 35 heavy (non-hydrogen) atoms. The van der Waals surface area contributed by atoms with Crippen molar-refractivity contribution in [1.82, 2.24) is 9.55 Å². The summed E-state index contributed by atoms with van der Waals surface area (Å²) in [6, 6.07) is 37.5. The highest BCUT2D eigenvalue weighted by atomic mass is 16.3. The number of aryl methyl sites for hydroxylation is 1. The van der Waals surface area contributed by atoms with E-state index >= 15 is 0 Å². The van der Waals surface area contributed by atoms with Gasteiger partial charge in [-0.15, -0.1) is 0 Å². The second-order valence-electron chi connectivity index (χ2n) is 9.28. The molecule has 5 aromatic rings. The maximum absolute atomic E-state index is 12.2. The van der Waals surface area contributed by atoms with Crippen LogP contribution in [0.3, 0.4) is 0 Å². The molecule has 0 aliphatic carbocycles. The van der Waals surface area contributed by atoms with Crippen LogP contribution in [0.2, 0.25) is 0 Å². The van der Waals surface area contributed by atoms with Crippen LogP contribution in [0.4, 0.5) is 0 Å². The van der Waals surface area contributed by atoms with Crippen LogP contribution in [0, 0.1) is 13.8 Å². The average molecular weight is 459 g/mol. The zero-order valence-electron chi connectivity index (χ0n) is 20.4. The Labute approximate surface area is 207 Å². The first-order valence-electron chi connectivity index (χ1n) is 12.0. The lowest BCUT2D eigenvalue weighted by molar-refractivity contribution is 0.0898. The van der Waals surface area contributed by atoms with Gasteiger partial charge in [0, 0.05) is 0 Å². The standard InChI is InChI=1S/C32H30N2O/c1-24-14-13-21-29(25(24)2)31(3,35)30-22-33-23-34(30)32(26-15-7-4-8-16-26,27-17-9-5-10-18-27)28-19-11-6-12-20-28/h4-23,35H,1-3H3/t31-/m0/s1. The number of hydrogen-bond donors (Lipinski definition) is 1. The molecule has 0 amide bonds. The molecule has 0 radical (unpaired) electrons. The van der Waals surface area contributed by atoms with Crippen LogP contribution in [0.15, 0.2) is 122 Å². The molecule has 1 atom stereocenters. The smallest absolute Gasteiger partial charge is 0.129 e. The molecule has 0 saturated carbocycles. The Hall–Kier alpha value is -3.95. The zero-order chi connectivity index (χ0) is 24.5. The molecule has 3 nitrogen and oxygen atoms in total. The summed E-state index contributed by atoms with van der Waals surface area (Å²) >= 11 is 0. The Morgan fingerprint density at radius 1 is 0.657 bits per heavy atom. The fourth-order valence-corrected chi connectivity index (χ4v) is 5.29. The largest absolute Gasteiger partial charge is 0.379 e. The molecule has 0 aliphatic heterocycles. The lowest BCUT2D eigenvalue weighted by Gasteiger charge is -2.41. The first-order chi connectivity index (χ1) is 17.0. The summed E-state index contributed by atoms with van der Waals surface area (Å²) in [5, 5.41) is 12.2. The molecule has 0 bridgehead atoms. The molecule has 1 N–H and O–H groups in total. The van der Waals surface area contributed by atoms with E-state index in [1.54, 1.807) is 6.20 Å². The third-order valence-corrected chi connectivity index (χ3v) is 7.20. The summed E-state index contributed by atoms with van der Waals surface area (Å²) in [6.07, 6.45) is 3.65. The second kappa shape index (κ2) is 9.01. The van der Waals surface area contributed by atoms with E-state index in [4.69, 9.17) is 0 Å². The number of rotatable bonds is 6. The van der Waals surface area contributed by atoms with Crippen molar-refractivity contribution in [3.05, 3.63) is 161 Å². The second-order valence-corrected chi connectivity index (χ2v) is 9.28. The molecule has 0 fully saturated rings. The van der Waals surface area contributed by atoms with Crippen molar-refractivity contribution in [3.8, 4) is 0 Å². The van der Waals surface area contributed by atoms with E-state index in [-0.39, 0.29) is 0 Å². The molecule has 4 aromatic carbocycles. The van der Waals surface area contributed by atoms with Crippen molar-refractivity contribution in [3.63, 3.8) is 0 Å². The SMILES string of the molecule is Cc1cccc([C@](C)(O)c2cncn2C(c2ccccc2)(c2ccccc2)c2ccccc2)c1C. The van der Waals surface area contributed by atoms with Gasteiger partial charge in [-0.2, -0.15) is 0 Å². The van der Waals surface area contributed by atoms with E-state index in [0.717, 1.165) is 39.1 Å². The minimum absolute atomic E-state index is 0.725. The predicted molar refractivity (Wildman–Crippen MR) is 141 cm³/mol. The third kappa shape index (κ3) is 3.69. The third-order valence-electron chi connectivity index (χ3n) is 7.20. The van der Waals surface area contributed by atoms with Gasteiger partial charge in [-0.1, -0.05) is 109 Å². The van der Waals surface area contributed by atoms with Crippen LogP contribution in [-0.2, 0) is 11.1 Å². The lowest BCUT2D eigenvalue weighted by atomic mass is 9.75. The Kier molecular flexibility index (Phi) is 5.88. The highest BCUT2D eigenvalue weighted by Crippen LogP contribution is 2.44. The molecule has 5 rings (SSSR count). The van der Waals surface area contributed by atoms with Crippen LogP contribution >= 0.6 is 0 Å². The first kappa shape index (κ1) is 22.8. The van der Waals surface area contributed by atoms with Crippen LogP contribution in [-0.4, -0.2) is 14.7 Å². The highest BCUT2D eigenvalue weighted by molar-refractivity contribution is 5.52. The summed E-state index contributed by atoms with van der Waals surface area (Å²) in [5.74, 6) is 0. The van der Waals surface area contributed by atoms with Crippen molar-refractivity contribution in [2.45, 2.75) is 31.9 Å². The molecule has 0 unspecified atom stereocenters. The van der Waals surface area contributed by atoms with Gasteiger partial charge in [0.2, 0.25) is 0 Å². The Bertz CT molecular complexity index is 1320. The number of imidazole rings is 1. The Balaban J connectivity index is 1.88. The van der Waals surface area contributed by atoms with Crippen LogP contribution < -0.4 is 0 Å². The molecule has 0 saturated heterocycles.